The number of fused-ring (bicyclic) bond motifs is 2. The number of H-pyrrole nitrogens is 1. The van der Waals surface area contributed by atoms with Gasteiger partial charge in [0.05, 0.1) is 19.8 Å². The Hall–Kier alpha value is -4.06. The number of nitrogens with zero attached hydrogens (tertiary/aromatic N) is 1. The zero-order valence-corrected chi connectivity index (χ0v) is 25.1. The Bertz CT molecular complexity index is 1710. The third kappa shape index (κ3) is 5.29. The highest BCUT2D eigenvalue weighted by atomic mass is 16.6. The molecule has 230 valence electrons. The molecule has 2 N–H and O–H groups in total. The van der Waals surface area contributed by atoms with Crippen molar-refractivity contribution in [2.75, 3.05) is 26.9 Å². The maximum atomic E-state index is 12.9. The fourth-order valence-corrected chi connectivity index (χ4v) is 6.01. The highest BCUT2D eigenvalue weighted by Gasteiger charge is 2.50. The molecule has 3 aromatic carbocycles. The molecule has 2 aliphatic heterocycles. The summed E-state index contributed by atoms with van der Waals surface area (Å²) in [5, 5.41) is 11.6. The Kier molecular flexibility index (Phi) is 8.28. The van der Waals surface area contributed by atoms with Crippen LogP contribution < -0.4 is 16.0 Å². The van der Waals surface area contributed by atoms with Gasteiger partial charge in [-0.1, -0.05) is 53.6 Å². The van der Waals surface area contributed by atoms with Gasteiger partial charge in [0.25, 0.3) is 5.56 Å². The summed E-state index contributed by atoms with van der Waals surface area (Å²) in [4.78, 5) is 27.3. The molecule has 10 nitrogen and oxygen atoms in total. The Morgan fingerprint density at radius 2 is 1.59 bits per heavy atom. The van der Waals surface area contributed by atoms with E-state index in [9.17, 15) is 14.7 Å². The fraction of sp³-hybridized carbons (Fsp3) is 0.353. The molecule has 0 saturated carbocycles. The first-order chi connectivity index (χ1) is 21.2. The quantitative estimate of drug-likeness (QED) is 0.278. The molecule has 4 aromatic rings. The maximum Gasteiger partial charge on any atom is 0.330 e. The zero-order valence-electron chi connectivity index (χ0n) is 25.1. The minimum absolute atomic E-state index is 0.0610. The zero-order chi connectivity index (χ0) is 31.0. The van der Waals surface area contributed by atoms with Gasteiger partial charge in [0, 0.05) is 30.0 Å². The van der Waals surface area contributed by atoms with Crippen LogP contribution in [0.5, 0.6) is 11.5 Å². The number of aryl methyl sites for hydroxylation is 3. The van der Waals surface area contributed by atoms with Gasteiger partial charge in [0.15, 0.2) is 11.8 Å². The van der Waals surface area contributed by atoms with E-state index in [1.165, 1.54) is 10.8 Å². The molecule has 44 heavy (non-hydrogen) atoms. The van der Waals surface area contributed by atoms with E-state index >= 15 is 0 Å². The first-order valence-corrected chi connectivity index (χ1v) is 14.6. The summed E-state index contributed by atoms with van der Waals surface area (Å²) in [6.07, 6.45) is -2.61. The number of hydrogen-bond donors (Lipinski definition) is 2. The molecule has 10 heteroatoms. The number of aliphatic hydroxyl groups is 1. The van der Waals surface area contributed by atoms with E-state index in [1.807, 2.05) is 68.4 Å². The molecule has 0 unspecified atom stereocenters. The van der Waals surface area contributed by atoms with Gasteiger partial charge in [-0.25, -0.2) is 4.79 Å². The van der Waals surface area contributed by atoms with Crippen LogP contribution in [0.2, 0.25) is 0 Å². The molecule has 0 bridgehead atoms. The van der Waals surface area contributed by atoms with Crippen LogP contribution in [0.3, 0.4) is 0 Å². The normalized spacial score (nSPS) is 21.8. The van der Waals surface area contributed by atoms with Crippen LogP contribution in [0.25, 0.3) is 0 Å². The minimum atomic E-state index is -1.17. The van der Waals surface area contributed by atoms with E-state index in [1.54, 1.807) is 14.0 Å². The number of nitrogens with one attached hydrogen (secondary N) is 1. The minimum Gasteiger partial charge on any atom is -0.457 e. The summed E-state index contributed by atoms with van der Waals surface area (Å²) in [6.45, 7) is 6.00. The second-order valence-corrected chi connectivity index (χ2v) is 11.3. The number of aromatic amines is 1. The highest BCUT2D eigenvalue weighted by Crippen LogP contribution is 2.53. The largest absolute Gasteiger partial charge is 0.457 e. The molecule has 0 aliphatic carbocycles. The fourth-order valence-electron chi connectivity index (χ4n) is 6.01. The van der Waals surface area contributed by atoms with Crippen LogP contribution in [0.4, 0.5) is 0 Å². The second-order valence-electron chi connectivity index (χ2n) is 11.3. The van der Waals surface area contributed by atoms with Crippen LogP contribution in [0.15, 0.2) is 82.5 Å². The van der Waals surface area contributed by atoms with Crippen molar-refractivity contribution >= 4 is 0 Å². The van der Waals surface area contributed by atoms with Crippen molar-refractivity contribution in [3.63, 3.8) is 0 Å². The predicted molar refractivity (Wildman–Crippen MR) is 162 cm³/mol. The number of benzene rings is 3. The Morgan fingerprint density at radius 3 is 2.23 bits per heavy atom. The molecule has 1 aromatic heterocycles. The third-order valence-electron chi connectivity index (χ3n) is 8.22. The molecule has 0 amide bonds. The van der Waals surface area contributed by atoms with Gasteiger partial charge in [-0.2, -0.15) is 0 Å². The Balaban J connectivity index is 1.43. The molecule has 2 aliphatic rings. The topological polar surface area (TPSA) is 121 Å². The number of methoxy groups -OCH3 is 1. The molecule has 1 fully saturated rings. The van der Waals surface area contributed by atoms with Crippen molar-refractivity contribution in [2.24, 2.45) is 0 Å². The lowest BCUT2D eigenvalue weighted by Gasteiger charge is -2.41. The van der Waals surface area contributed by atoms with Gasteiger partial charge in [0.1, 0.15) is 29.8 Å². The van der Waals surface area contributed by atoms with Crippen molar-refractivity contribution in [3.05, 3.63) is 127 Å². The predicted octanol–water partition coefficient (Wildman–Crippen LogP) is 3.87. The summed E-state index contributed by atoms with van der Waals surface area (Å²) >= 11 is 0. The van der Waals surface area contributed by atoms with E-state index in [2.05, 4.69) is 17.1 Å². The summed E-state index contributed by atoms with van der Waals surface area (Å²) in [5.41, 5.74) is 2.65. The van der Waals surface area contributed by atoms with Gasteiger partial charge in [-0.15, -0.1) is 0 Å². The lowest BCUT2D eigenvalue weighted by Crippen LogP contribution is -2.42. The lowest BCUT2D eigenvalue weighted by atomic mass is 9.77. The van der Waals surface area contributed by atoms with E-state index < -0.39 is 41.4 Å². The van der Waals surface area contributed by atoms with Gasteiger partial charge in [-0.3, -0.25) is 14.3 Å². The van der Waals surface area contributed by atoms with Gasteiger partial charge in [0.2, 0.25) is 0 Å². The lowest BCUT2D eigenvalue weighted by molar-refractivity contribution is -0.101. The van der Waals surface area contributed by atoms with Crippen molar-refractivity contribution < 1.29 is 28.8 Å². The average Bonchev–Trinajstić information content (AvgIpc) is 3.32. The molecular formula is C34H36N2O8. The first-order valence-electron chi connectivity index (χ1n) is 14.6. The van der Waals surface area contributed by atoms with Crippen LogP contribution >= 0.6 is 0 Å². The number of aromatic nitrogens is 2. The number of hydrogen-bond acceptors (Lipinski definition) is 8. The third-order valence-corrected chi connectivity index (χ3v) is 8.22. The summed E-state index contributed by atoms with van der Waals surface area (Å²) in [5.74, 6) is 1.33. The van der Waals surface area contributed by atoms with Gasteiger partial charge < -0.3 is 28.8 Å². The summed E-state index contributed by atoms with van der Waals surface area (Å²) in [6, 6.07) is 21.9. The van der Waals surface area contributed by atoms with E-state index in [-0.39, 0.29) is 19.8 Å². The Morgan fingerprint density at radius 1 is 0.932 bits per heavy atom. The molecule has 3 heterocycles. The van der Waals surface area contributed by atoms with E-state index in [0.29, 0.717) is 17.1 Å². The molecule has 0 radical (unpaired) electrons. The monoisotopic (exact) mass is 600 g/mol. The van der Waals surface area contributed by atoms with Crippen LogP contribution in [0, 0.1) is 20.8 Å². The van der Waals surface area contributed by atoms with Crippen LogP contribution in [-0.2, 0) is 24.5 Å². The van der Waals surface area contributed by atoms with Crippen LogP contribution in [0.1, 0.15) is 39.6 Å². The molecule has 0 spiro atoms. The molecule has 1 saturated heterocycles. The van der Waals surface area contributed by atoms with Crippen molar-refractivity contribution in [1.29, 1.82) is 0 Å². The van der Waals surface area contributed by atoms with Gasteiger partial charge >= 0.3 is 5.69 Å². The molecule has 6 rings (SSSR count). The van der Waals surface area contributed by atoms with Crippen molar-refractivity contribution in [2.45, 2.75) is 50.9 Å². The molecule has 4 atom stereocenters. The average molecular weight is 601 g/mol. The Labute approximate surface area is 254 Å². The summed E-state index contributed by atoms with van der Waals surface area (Å²) in [7, 11) is 1.55. The maximum absolute atomic E-state index is 12.9. The smallest absolute Gasteiger partial charge is 0.330 e. The number of aliphatic hydroxyl groups excluding tert-OH is 1. The van der Waals surface area contributed by atoms with Gasteiger partial charge in [-0.05, 0) is 50.6 Å². The highest BCUT2D eigenvalue weighted by molar-refractivity contribution is 5.62. The van der Waals surface area contributed by atoms with Crippen molar-refractivity contribution in [1.82, 2.24) is 9.55 Å². The SMILES string of the molecule is COCCO[C@@H]1[C@H](O)[C@@H](COC2(c3ccccc3)c3cc(C)ccc3Oc3ccc(C)cc32)O[C@H]1n1cc(C)c(=O)[nH]c1=O. The van der Waals surface area contributed by atoms with Crippen molar-refractivity contribution in [3.8, 4) is 11.5 Å². The van der Waals surface area contributed by atoms with E-state index in [0.717, 1.165) is 27.8 Å². The van der Waals surface area contributed by atoms with Crippen LogP contribution in [-0.4, -0.2) is 59.9 Å². The second kappa shape index (κ2) is 12.1. The standard InChI is InChI=1S/C34H36N2O8/c1-20-10-12-26-24(16-20)34(23-8-6-5-7-9-23,25-17-21(2)11-13-27(25)43-26)42-19-28-29(37)30(41-15-14-40-4)32(44-28)36-18-22(3)31(38)35-33(36)39/h5-13,16-18,28-30,32,37H,14-15,19H2,1-4H3,(H,35,38,39)/t28-,29-,30-,32-/m1/s1. The molecular weight excluding hydrogens is 564 g/mol. The number of rotatable bonds is 9. The van der Waals surface area contributed by atoms with E-state index in [4.69, 9.17) is 23.7 Å². The summed E-state index contributed by atoms with van der Waals surface area (Å²) < 4.78 is 32.1. The number of ether oxygens (including phenoxy) is 5. The first kappa shape index (κ1) is 30.0.